The van der Waals surface area contributed by atoms with Crippen molar-refractivity contribution in [3.8, 4) is 0 Å². The Morgan fingerprint density at radius 2 is 2.53 bits per heavy atom. The Hall–Kier alpha value is -0.0600. The van der Waals surface area contributed by atoms with Crippen LogP contribution in [0.15, 0.2) is 11.6 Å². The fourth-order valence-electron chi connectivity index (χ4n) is 2.30. The largest absolute Gasteiger partial charge is 0.305 e. The predicted molar refractivity (Wildman–Crippen MR) is 68.6 cm³/mol. The highest BCUT2D eigenvalue weighted by molar-refractivity contribution is 8.00. The third-order valence-corrected chi connectivity index (χ3v) is 5.46. The molecule has 0 spiro atoms. The Bertz CT molecular complexity index is 296. The van der Waals surface area contributed by atoms with Crippen molar-refractivity contribution < 1.29 is 0 Å². The molecular weight excluding hydrogens is 224 g/mol. The van der Waals surface area contributed by atoms with Crippen molar-refractivity contribution in [1.82, 2.24) is 10.3 Å². The molecule has 0 aromatic carbocycles. The minimum Gasteiger partial charge on any atom is -0.305 e. The normalized spacial score (nSPS) is 31.7. The quantitative estimate of drug-likeness (QED) is 0.882. The Kier molecular flexibility index (Phi) is 3.69. The average Bonchev–Trinajstić information content (AvgIpc) is 2.75. The average molecular weight is 242 g/mol. The van der Waals surface area contributed by atoms with Gasteiger partial charge in [0.15, 0.2) is 0 Å². The maximum absolute atomic E-state index is 4.52. The zero-order valence-electron chi connectivity index (χ0n) is 9.32. The molecule has 0 aliphatic carbocycles. The molecule has 1 N–H and O–H groups in total. The van der Waals surface area contributed by atoms with E-state index in [9.17, 15) is 0 Å². The van der Waals surface area contributed by atoms with Crippen molar-refractivity contribution in [2.45, 2.75) is 37.5 Å². The van der Waals surface area contributed by atoms with E-state index in [4.69, 9.17) is 0 Å². The second-order valence-electron chi connectivity index (χ2n) is 3.96. The van der Waals surface area contributed by atoms with Gasteiger partial charge in [0.2, 0.25) is 0 Å². The molecule has 1 aliphatic rings. The smallest absolute Gasteiger partial charge is 0.114 e. The Morgan fingerprint density at radius 3 is 3.13 bits per heavy atom. The predicted octanol–water partition coefficient (Wildman–Crippen LogP) is 2.86. The Morgan fingerprint density at radius 1 is 1.67 bits per heavy atom. The van der Waals surface area contributed by atoms with Crippen LogP contribution in [0.1, 0.15) is 31.7 Å². The van der Waals surface area contributed by atoms with E-state index in [-0.39, 0.29) is 5.54 Å². The highest BCUT2D eigenvalue weighted by Gasteiger charge is 2.41. The van der Waals surface area contributed by atoms with E-state index in [0.29, 0.717) is 5.25 Å². The highest BCUT2D eigenvalue weighted by Crippen LogP contribution is 2.41. The molecule has 0 radical (unpaired) electrons. The van der Waals surface area contributed by atoms with Crippen LogP contribution < -0.4 is 5.32 Å². The third kappa shape index (κ3) is 2.08. The topological polar surface area (TPSA) is 24.9 Å². The monoisotopic (exact) mass is 242 g/mol. The summed E-state index contributed by atoms with van der Waals surface area (Å²) in [4.78, 5) is 4.52. The van der Waals surface area contributed by atoms with Gasteiger partial charge in [-0.1, -0.05) is 13.8 Å². The van der Waals surface area contributed by atoms with Gasteiger partial charge < -0.3 is 5.32 Å². The molecule has 0 saturated carbocycles. The highest BCUT2D eigenvalue weighted by atomic mass is 32.2. The molecule has 84 valence electrons. The summed E-state index contributed by atoms with van der Waals surface area (Å²) in [5.74, 6) is 1.29. The number of thiazole rings is 1. The van der Waals surface area contributed by atoms with Gasteiger partial charge in [0.25, 0.3) is 0 Å². The van der Waals surface area contributed by atoms with Crippen LogP contribution in [-0.2, 0) is 5.54 Å². The van der Waals surface area contributed by atoms with E-state index in [1.807, 2.05) is 6.20 Å². The summed E-state index contributed by atoms with van der Waals surface area (Å²) in [6, 6.07) is 0. The maximum Gasteiger partial charge on any atom is 0.114 e. The van der Waals surface area contributed by atoms with Crippen LogP contribution in [0, 0.1) is 0 Å². The van der Waals surface area contributed by atoms with E-state index in [0.717, 1.165) is 6.54 Å². The first-order chi connectivity index (χ1) is 7.29. The first kappa shape index (κ1) is 11.4. The number of nitrogens with one attached hydrogen (secondary N) is 1. The van der Waals surface area contributed by atoms with Gasteiger partial charge in [-0.2, -0.15) is 11.8 Å². The first-order valence-corrected chi connectivity index (χ1v) is 7.49. The van der Waals surface area contributed by atoms with E-state index < -0.39 is 0 Å². The lowest BCUT2D eigenvalue weighted by Crippen LogP contribution is -2.51. The fourth-order valence-corrected chi connectivity index (χ4v) is 4.57. The van der Waals surface area contributed by atoms with Crippen molar-refractivity contribution in [2.24, 2.45) is 0 Å². The zero-order valence-corrected chi connectivity index (χ0v) is 11.0. The molecule has 15 heavy (non-hydrogen) atoms. The number of thioether (sulfide) groups is 1. The van der Waals surface area contributed by atoms with Gasteiger partial charge >= 0.3 is 0 Å². The molecule has 0 amide bonds. The van der Waals surface area contributed by atoms with Crippen molar-refractivity contribution >= 4 is 23.1 Å². The van der Waals surface area contributed by atoms with Gasteiger partial charge in [-0.25, -0.2) is 4.98 Å². The molecule has 2 unspecified atom stereocenters. The van der Waals surface area contributed by atoms with Crippen LogP contribution in [0.3, 0.4) is 0 Å². The lowest BCUT2D eigenvalue weighted by atomic mass is 9.90. The second-order valence-corrected chi connectivity index (χ2v) is 6.30. The van der Waals surface area contributed by atoms with Gasteiger partial charge in [-0.05, 0) is 25.1 Å². The fraction of sp³-hybridized carbons (Fsp3) is 0.727. The SMILES string of the molecule is CCNC1(c2nccs2)CCCSC1C. The molecule has 2 heterocycles. The van der Waals surface area contributed by atoms with E-state index >= 15 is 0 Å². The van der Waals surface area contributed by atoms with Gasteiger partial charge in [0.05, 0.1) is 5.54 Å². The molecule has 4 heteroatoms. The Labute approximate surface area is 99.9 Å². The summed E-state index contributed by atoms with van der Waals surface area (Å²) >= 11 is 3.85. The summed E-state index contributed by atoms with van der Waals surface area (Å²) in [7, 11) is 0. The lowest BCUT2D eigenvalue weighted by molar-refractivity contribution is 0.301. The summed E-state index contributed by atoms with van der Waals surface area (Å²) in [5.41, 5.74) is 0.131. The second kappa shape index (κ2) is 4.85. The number of hydrogen-bond acceptors (Lipinski definition) is 4. The van der Waals surface area contributed by atoms with Crippen LogP contribution in [0.2, 0.25) is 0 Å². The minimum atomic E-state index is 0.131. The van der Waals surface area contributed by atoms with Gasteiger partial charge in [-0.3, -0.25) is 0 Å². The van der Waals surface area contributed by atoms with Crippen LogP contribution in [0.4, 0.5) is 0 Å². The summed E-state index contributed by atoms with van der Waals surface area (Å²) in [5, 5.41) is 7.65. The number of rotatable bonds is 3. The lowest BCUT2D eigenvalue weighted by Gasteiger charge is -2.41. The molecule has 1 aromatic heterocycles. The minimum absolute atomic E-state index is 0.131. The van der Waals surface area contributed by atoms with Crippen molar-refractivity contribution in [1.29, 1.82) is 0 Å². The molecule has 2 nitrogen and oxygen atoms in total. The molecule has 1 aliphatic heterocycles. The van der Waals surface area contributed by atoms with E-state index in [1.54, 1.807) is 11.3 Å². The summed E-state index contributed by atoms with van der Waals surface area (Å²) < 4.78 is 0. The molecule has 1 fully saturated rings. The molecule has 1 saturated heterocycles. The van der Waals surface area contributed by atoms with Crippen LogP contribution in [-0.4, -0.2) is 22.5 Å². The van der Waals surface area contributed by atoms with Crippen LogP contribution in [0.5, 0.6) is 0 Å². The summed E-state index contributed by atoms with van der Waals surface area (Å²) in [6.45, 7) is 5.53. The number of nitrogens with zero attached hydrogens (tertiary/aromatic N) is 1. The number of aromatic nitrogens is 1. The van der Waals surface area contributed by atoms with Crippen LogP contribution >= 0.6 is 23.1 Å². The van der Waals surface area contributed by atoms with Crippen molar-refractivity contribution in [3.05, 3.63) is 16.6 Å². The van der Waals surface area contributed by atoms with Crippen molar-refractivity contribution in [3.63, 3.8) is 0 Å². The molecule has 2 rings (SSSR count). The standard InChI is InChI=1S/C11H18N2S2/c1-3-13-11(10-12-6-8-15-10)5-4-7-14-9(11)2/h6,8-9,13H,3-5,7H2,1-2H3. The first-order valence-electron chi connectivity index (χ1n) is 5.56. The van der Waals surface area contributed by atoms with Crippen LogP contribution in [0.25, 0.3) is 0 Å². The van der Waals surface area contributed by atoms with Gasteiger partial charge in [-0.15, -0.1) is 11.3 Å². The van der Waals surface area contributed by atoms with Gasteiger partial charge in [0, 0.05) is 16.8 Å². The van der Waals surface area contributed by atoms with E-state index in [1.165, 1.54) is 23.6 Å². The molecule has 2 atom stereocenters. The van der Waals surface area contributed by atoms with Gasteiger partial charge in [0.1, 0.15) is 5.01 Å². The molecular formula is C11H18N2S2. The zero-order chi connectivity index (χ0) is 10.7. The number of hydrogen-bond donors (Lipinski definition) is 1. The molecule has 0 bridgehead atoms. The molecule has 1 aromatic rings. The van der Waals surface area contributed by atoms with E-state index in [2.05, 4.69) is 41.3 Å². The van der Waals surface area contributed by atoms with Crippen molar-refractivity contribution in [2.75, 3.05) is 12.3 Å². The Balaban J connectivity index is 2.30. The third-order valence-electron chi connectivity index (χ3n) is 3.08. The summed E-state index contributed by atoms with van der Waals surface area (Å²) in [6.07, 6.45) is 4.44. The maximum atomic E-state index is 4.52.